The van der Waals surface area contributed by atoms with Gasteiger partial charge < -0.3 is 15.4 Å². The largest absolute Gasteiger partial charge is 0.399 e. The minimum absolute atomic E-state index is 0.0423. The number of thiophene rings is 1. The van der Waals surface area contributed by atoms with Gasteiger partial charge in [-0.1, -0.05) is 11.6 Å². The second-order valence-corrected chi connectivity index (χ2v) is 6.83. The Morgan fingerprint density at radius 2 is 2.05 bits per heavy atom. The van der Waals surface area contributed by atoms with Gasteiger partial charge in [-0.3, -0.25) is 0 Å². The van der Waals surface area contributed by atoms with Crippen LogP contribution >= 0.6 is 22.9 Å². The van der Waals surface area contributed by atoms with Gasteiger partial charge in [0.05, 0.1) is 21.4 Å². The van der Waals surface area contributed by atoms with Crippen molar-refractivity contribution in [3.63, 3.8) is 0 Å². The van der Waals surface area contributed by atoms with Crippen LogP contribution in [0.2, 0.25) is 4.34 Å². The van der Waals surface area contributed by atoms with Crippen molar-refractivity contribution >= 4 is 39.7 Å². The Balaban J connectivity index is 2.21. The molecule has 0 saturated heterocycles. The number of anilines is 1. The number of halogens is 1. The number of imidazole rings is 1. The molecule has 1 aromatic carbocycles. The third-order valence-corrected chi connectivity index (χ3v) is 4.91. The number of benzene rings is 1. The van der Waals surface area contributed by atoms with Crippen LogP contribution in [0.15, 0.2) is 30.3 Å². The molecular formula is C15H16ClN3OS. The Hall–Kier alpha value is -1.56. The lowest BCUT2D eigenvalue weighted by atomic mass is 10.2. The molecule has 3 aromatic rings. The van der Waals surface area contributed by atoms with E-state index in [1.165, 1.54) is 11.3 Å². The van der Waals surface area contributed by atoms with Crippen LogP contribution in [0.1, 0.15) is 36.7 Å². The third kappa shape index (κ3) is 2.52. The fraction of sp³-hybridized carbons (Fsp3) is 0.267. The number of aliphatic hydroxyl groups excluding tert-OH is 1. The van der Waals surface area contributed by atoms with Crippen molar-refractivity contribution in [3.05, 3.63) is 45.4 Å². The normalized spacial score (nSPS) is 14.5. The van der Waals surface area contributed by atoms with Crippen LogP contribution in [0, 0.1) is 0 Å². The molecular weight excluding hydrogens is 306 g/mol. The molecule has 0 radical (unpaired) electrons. The second kappa shape index (κ2) is 5.33. The Bertz CT molecular complexity index is 793. The van der Waals surface area contributed by atoms with Gasteiger partial charge in [0.1, 0.15) is 11.9 Å². The van der Waals surface area contributed by atoms with Gasteiger partial charge in [-0.2, -0.15) is 0 Å². The lowest BCUT2D eigenvalue weighted by Gasteiger charge is -2.17. The summed E-state index contributed by atoms with van der Waals surface area (Å²) in [4.78, 5) is 5.65. The van der Waals surface area contributed by atoms with E-state index in [0.717, 1.165) is 20.2 Å². The van der Waals surface area contributed by atoms with E-state index in [9.17, 15) is 5.11 Å². The highest BCUT2D eigenvalue weighted by atomic mass is 35.5. The number of hydrogen-bond donors (Lipinski definition) is 2. The molecule has 4 nitrogen and oxygen atoms in total. The molecule has 0 aliphatic rings. The van der Waals surface area contributed by atoms with Crippen molar-refractivity contribution in [2.75, 3.05) is 5.73 Å². The first kappa shape index (κ1) is 14.4. The fourth-order valence-electron chi connectivity index (χ4n) is 2.52. The predicted molar refractivity (Wildman–Crippen MR) is 87.9 cm³/mol. The highest BCUT2D eigenvalue weighted by molar-refractivity contribution is 7.16. The summed E-state index contributed by atoms with van der Waals surface area (Å²) < 4.78 is 2.80. The lowest BCUT2D eigenvalue weighted by molar-refractivity contribution is 0.183. The summed E-state index contributed by atoms with van der Waals surface area (Å²) in [5.41, 5.74) is 8.23. The highest BCUT2D eigenvalue weighted by Gasteiger charge is 2.21. The van der Waals surface area contributed by atoms with E-state index in [0.29, 0.717) is 11.5 Å². The molecule has 0 saturated carbocycles. The first-order chi connectivity index (χ1) is 9.97. The van der Waals surface area contributed by atoms with Gasteiger partial charge in [-0.05, 0) is 44.2 Å². The van der Waals surface area contributed by atoms with Crippen LogP contribution in [-0.4, -0.2) is 14.7 Å². The van der Waals surface area contributed by atoms with Crippen LogP contribution in [-0.2, 0) is 0 Å². The molecule has 0 spiro atoms. The zero-order valence-electron chi connectivity index (χ0n) is 11.7. The van der Waals surface area contributed by atoms with Crippen molar-refractivity contribution < 1.29 is 5.11 Å². The Morgan fingerprint density at radius 1 is 1.29 bits per heavy atom. The van der Waals surface area contributed by atoms with Crippen LogP contribution in [0.5, 0.6) is 0 Å². The zero-order chi connectivity index (χ0) is 15.1. The summed E-state index contributed by atoms with van der Waals surface area (Å²) in [6.45, 7) is 3.79. The van der Waals surface area contributed by atoms with Gasteiger partial charge in [0.2, 0.25) is 0 Å². The molecule has 0 amide bonds. The van der Waals surface area contributed by atoms with Crippen LogP contribution in [0.3, 0.4) is 0 Å². The summed E-state index contributed by atoms with van der Waals surface area (Å²) in [6, 6.07) is 9.55. The van der Waals surface area contributed by atoms with Crippen LogP contribution in [0.25, 0.3) is 11.0 Å². The highest BCUT2D eigenvalue weighted by Crippen LogP contribution is 2.34. The Kier molecular flexibility index (Phi) is 3.65. The molecule has 0 aliphatic carbocycles. The molecule has 2 heterocycles. The number of hydrogen-bond acceptors (Lipinski definition) is 4. The minimum atomic E-state index is -0.656. The maximum Gasteiger partial charge on any atom is 0.139 e. The fourth-order valence-corrected chi connectivity index (χ4v) is 3.62. The zero-order valence-corrected chi connectivity index (χ0v) is 13.3. The molecule has 2 atom stereocenters. The quantitative estimate of drug-likeness (QED) is 0.717. The molecule has 0 aliphatic heterocycles. The summed E-state index contributed by atoms with van der Waals surface area (Å²) in [6.07, 6.45) is -0.656. The van der Waals surface area contributed by atoms with Gasteiger partial charge in [0, 0.05) is 10.6 Å². The number of nitrogens with zero attached hydrogens (tertiary/aromatic N) is 2. The lowest BCUT2D eigenvalue weighted by Crippen LogP contribution is -2.11. The van der Waals surface area contributed by atoms with Gasteiger partial charge in [-0.25, -0.2) is 4.98 Å². The van der Waals surface area contributed by atoms with Gasteiger partial charge in [0.15, 0.2) is 0 Å². The summed E-state index contributed by atoms with van der Waals surface area (Å²) >= 11 is 7.57. The molecule has 3 rings (SSSR count). The second-order valence-electron chi connectivity index (χ2n) is 5.08. The standard InChI is InChI=1S/C15H16ClN3OS/c1-8(13-5-6-14(16)21-13)19-12-4-3-10(17)7-11(12)18-15(19)9(2)20/h3-9,20H,17H2,1-2H3. The molecule has 2 aromatic heterocycles. The number of rotatable bonds is 3. The number of aromatic nitrogens is 2. The molecule has 3 N–H and O–H groups in total. The first-order valence-corrected chi connectivity index (χ1v) is 7.87. The first-order valence-electron chi connectivity index (χ1n) is 6.68. The van der Waals surface area contributed by atoms with E-state index in [4.69, 9.17) is 17.3 Å². The molecule has 21 heavy (non-hydrogen) atoms. The maximum absolute atomic E-state index is 10.0. The van der Waals surface area contributed by atoms with Gasteiger partial charge in [-0.15, -0.1) is 11.3 Å². The van der Waals surface area contributed by atoms with E-state index >= 15 is 0 Å². The molecule has 110 valence electrons. The van der Waals surface area contributed by atoms with Gasteiger partial charge in [0.25, 0.3) is 0 Å². The maximum atomic E-state index is 10.0. The SMILES string of the molecule is CC(O)c1nc2cc(N)ccc2n1C(C)c1ccc(Cl)s1. The van der Waals surface area contributed by atoms with Crippen molar-refractivity contribution in [1.82, 2.24) is 9.55 Å². The van der Waals surface area contributed by atoms with Crippen molar-refractivity contribution in [2.45, 2.75) is 26.0 Å². The minimum Gasteiger partial charge on any atom is -0.399 e. The van der Waals surface area contributed by atoms with E-state index in [1.54, 1.807) is 6.92 Å². The van der Waals surface area contributed by atoms with E-state index in [1.807, 2.05) is 34.9 Å². The molecule has 0 fully saturated rings. The summed E-state index contributed by atoms with van der Waals surface area (Å²) in [5.74, 6) is 0.632. The van der Waals surface area contributed by atoms with Gasteiger partial charge >= 0.3 is 0 Å². The van der Waals surface area contributed by atoms with Crippen LogP contribution < -0.4 is 5.73 Å². The summed E-state index contributed by atoms with van der Waals surface area (Å²) in [7, 11) is 0. The van der Waals surface area contributed by atoms with E-state index in [-0.39, 0.29) is 6.04 Å². The smallest absolute Gasteiger partial charge is 0.139 e. The van der Waals surface area contributed by atoms with Crippen molar-refractivity contribution in [3.8, 4) is 0 Å². The van der Waals surface area contributed by atoms with E-state index < -0.39 is 6.10 Å². The number of nitrogens with two attached hydrogens (primary N) is 1. The Labute approximate surface area is 131 Å². The monoisotopic (exact) mass is 321 g/mol. The number of fused-ring (bicyclic) bond motifs is 1. The summed E-state index contributed by atoms with van der Waals surface area (Å²) in [5, 5.41) is 10.0. The molecule has 2 unspecified atom stereocenters. The van der Waals surface area contributed by atoms with Crippen LogP contribution in [0.4, 0.5) is 5.69 Å². The third-order valence-electron chi connectivity index (χ3n) is 3.51. The number of aliphatic hydroxyl groups is 1. The predicted octanol–water partition coefficient (Wildman–Crippen LogP) is 4.00. The van der Waals surface area contributed by atoms with Crippen molar-refractivity contribution in [1.29, 1.82) is 0 Å². The topological polar surface area (TPSA) is 64.1 Å². The molecule has 6 heteroatoms. The average molecular weight is 322 g/mol. The number of nitrogen functional groups attached to an aromatic ring is 1. The Morgan fingerprint density at radius 3 is 2.67 bits per heavy atom. The average Bonchev–Trinajstić information content (AvgIpc) is 3.01. The molecule has 0 bridgehead atoms. The van der Waals surface area contributed by atoms with E-state index in [2.05, 4.69) is 11.9 Å². The van der Waals surface area contributed by atoms with Crippen molar-refractivity contribution in [2.24, 2.45) is 0 Å².